The zero-order valence-corrected chi connectivity index (χ0v) is 24.4. The highest BCUT2D eigenvalue weighted by molar-refractivity contribution is 7.89. The minimum Gasteiger partial charge on any atom is -0.377 e. The summed E-state index contributed by atoms with van der Waals surface area (Å²) in [6.07, 6.45) is -0.657. The summed E-state index contributed by atoms with van der Waals surface area (Å²) in [5.74, 6) is 0.338. The molecule has 1 aliphatic rings. The Hall–Kier alpha value is -3.15. The second-order valence-corrected chi connectivity index (χ2v) is 12.4. The molecule has 3 N–H and O–H groups in total. The number of carbonyl (C=O) groups excluding carboxylic acids is 1. The highest BCUT2D eigenvalue weighted by Gasteiger charge is 2.34. The Kier molecular flexibility index (Phi) is 8.34. The number of amides is 1. The Labute approximate surface area is 241 Å². The van der Waals surface area contributed by atoms with Gasteiger partial charge in [0, 0.05) is 67.5 Å². The number of nitrogens with one attached hydrogen (secondary N) is 1. The smallest absolute Gasteiger partial charge is 0.254 e. The molecule has 5 rings (SSSR count). The van der Waals surface area contributed by atoms with Crippen LogP contribution in [-0.2, 0) is 10.0 Å². The number of thiol groups is 1. The molecule has 2 unspecified atom stereocenters. The van der Waals surface area contributed by atoms with Gasteiger partial charge in [-0.1, -0.05) is 60.7 Å². The van der Waals surface area contributed by atoms with E-state index in [0.29, 0.717) is 36.3 Å². The van der Waals surface area contributed by atoms with Gasteiger partial charge in [0.25, 0.3) is 5.91 Å². The molecule has 1 aliphatic heterocycles. The van der Waals surface area contributed by atoms with Crippen molar-refractivity contribution in [2.24, 2.45) is 5.73 Å². The summed E-state index contributed by atoms with van der Waals surface area (Å²) >= 11 is 4.33. The first kappa shape index (κ1) is 28.4. The van der Waals surface area contributed by atoms with E-state index in [1.165, 1.54) is 0 Å². The molecule has 0 radical (unpaired) electrons. The number of nitrogens with zero attached hydrogens (tertiary/aromatic N) is 3. The zero-order valence-electron chi connectivity index (χ0n) is 22.7. The van der Waals surface area contributed by atoms with E-state index in [1.807, 2.05) is 90.6 Å². The highest BCUT2D eigenvalue weighted by Crippen LogP contribution is 2.30. The van der Waals surface area contributed by atoms with Crippen LogP contribution in [-0.4, -0.2) is 82.4 Å². The van der Waals surface area contributed by atoms with Crippen LogP contribution < -0.4 is 15.4 Å². The van der Waals surface area contributed by atoms with Crippen molar-refractivity contribution in [1.29, 1.82) is 0 Å². The predicted octanol–water partition coefficient (Wildman–Crippen LogP) is 3.38. The first-order valence-electron chi connectivity index (χ1n) is 13.3. The van der Waals surface area contributed by atoms with Gasteiger partial charge in [-0.3, -0.25) is 9.69 Å². The van der Waals surface area contributed by atoms with Crippen molar-refractivity contribution in [3.05, 3.63) is 84.4 Å². The Balaban J connectivity index is 1.47. The third kappa shape index (κ3) is 5.68. The quantitative estimate of drug-likeness (QED) is 0.278. The molecule has 40 heavy (non-hydrogen) atoms. The monoisotopic (exact) mass is 577 g/mol. The summed E-state index contributed by atoms with van der Waals surface area (Å²) in [5, 5.41) is 3.34. The largest absolute Gasteiger partial charge is 0.377 e. The van der Waals surface area contributed by atoms with E-state index in [2.05, 4.69) is 17.4 Å². The van der Waals surface area contributed by atoms with Gasteiger partial charge < -0.3 is 15.5 Å². The second kappa shape index (κ2) is 11.8. The molecular weight excluding hydrogens is 542 g/mol. The van der Waals surface area contributed by atoms with Gasteiger partial charge in [0.05, 0.1) is 17.6 Å². The van der Waals surface area contributed by atoms with Gasteiger partial charge in [0.1, 0.15) is 0 Å². The molecule has 0 aromatic heterocycles. The fourth-order valence-corrected chi connectivity index (χ4v) is 6.96. The topological polar surface area (TPSA) is 99.0 Å². The molecule has 0 saturated carbocycles. The van der Waals surface area contributed by atoms with E-state index in [9.17, 15) is 13.2 Å². The summed E-state index contributed by atoms with van der Waals surface area (Å²) in [5.41, 5.74) is 7.76. The molecule has 1 saturated heterocycles. The molecule has 0 spiro atoms. The summed E-state index contributed by atoms with van der Waals surface area (Å²) in [4.78, 5) is 19.6. The first-order chi connectivity index (χ1) is 19.2. The molecule has 4 aromatic carbocycles. The van der Waals surface area contributed by atoms with Gasteiger partial charge >= 0.3 is 0 Å². The van der Waals surface area contributed by atoms with Crippen LogP contribution in [0.5, 0.6) is 0 Å². The lowest BCUT2D eigenvalue weighted by Crippen LogP contribution is -2.62. The fourth-order valence-electron chi connectivity index (χ4n) is 5.41. The van der Waals surface area contributed by atoms with E-state index in [0.717, 1.165) is 21.8 Å². The molecule has 2 atom stereocenters. The third-order valence-electron chi connectivity index (χ3n) is 7.42. The van der Waals surface area contributed by atoms with Crippen LogP contribution in [0.15, 0.2) is 83.8 Å². The van der Waals surface area contributed by atoms with Crippen molar-refractivity contribution in [1.82, 2.24) is 14.5 Å². The van der Waals surface area contributed by atoms with Crippen LogP contribution in [0.1, 0.15) is 10.4 Å². The third-order valence-corrected chi connectivity index (χ3v) is 9.41. The van der Waals surface area contributed by atoms with Crippen molar-refractivity contribution in [2.45, 2.75) is 17.1 Å². The number of sulfonamides is 1. The number of anilines is 1. The van der Waals surface area contributed by atoms with Crippen LogP contribution in [0.4, 0.5) is 5.69 Å². The molecule has 4 aromatic rings. The lowest BCUT2D eigenvalue weighted by molar-refractivity contribution is 0.0448. The van der Waals surface area contributed by atoms with Crippen molar-refractivity contribution < 1.29 is 13.2 Å². The predicted molar refractivity (Wildman–Crippen MR) is 166 cm³/mol. The van der Waals surface area contributed by atoms with Crippen LogP contribution in [0.2, 0.25) is 0 Å². The normalized spacial score (nSPS) is 17.3. The molecular formula is C30H35N5O3S2. The van der Waals surface area contributed by atoms with E-state index in [4.69, 9.17) is 5.73 Å². The molecule has 1 heterocycles. The number of hydrogen-bond donors (Lipinski definition) is 3. The fraction of sp³-hybridized carbons (Fsp3) is 0.300. The zero-order chi connectivity index (χ0) is 28.4. The van der Waals surface area contributed by atoms with Crippen LogP contribution in [0.3, 0.4) is 0 Å². The number of hydrogen-bond acceptors (Lipinski definition) is 7. The van der Waals surface area contributed by atoms with Gasteiger partial charge in [-0.05, 0) is 29.0 Å². The van der Waals surface area contributed by atoms with E-state index >= 15 is 0 Å². The number of fused-ring (bicyclic) bond motifs is 2. The average Bonchev–Trinajstić information content (AvgIpc) is 2.96. The summed E-state index contributed by atoms with van der Waals surface area (Å²) in [6, 6.07) is 24.2. The van der Waals surface area contributed by atoms with E-state index < -0.39 is 16.2 Å². The van der Waals surface area contributed by atoms with Crippen molar-refractivity contribution >= 4 is 55.8 Å². The average molecular weight is 578 g/mol. The van der Waals surface area contributed by atoms with Crippen LogP contribution >= 0.6 is 12.6 Å². The Bertz CT molecular complexity index is 1640. The number of benzene rings is 4. The molecule has 1 fully saturated rings. The maximum absolute atomic E-state index is 13.9. The van der Waals surface area contributed by atoms with Crippen molar-refractivity contribution in [3.8, 4) is 0 Å². The van der Waals surface area contributed by atoms with Gasteiger partial charge in [-0.2, -0.15) is 17.4 Å². The number of carbonyl (C=O) groups is 1. The standard InChI is InChI=1S/C30H35N5O3S2/c1-33(2)27-14-6-12-25-24(27)11-7-15-28(25)40(37,38)32-29-19-35(17-16-34(29)18-22(31)20-39)30(36)26-13-5-9-21-8-3-4-10-23(21)26/h3-15,22,29,32,39H,16-20,31H2,1-2H3. The Morgan fingerprint density at radius 1 is 0.975 bits per heavy atom. The molecule has 8 nitrogen and oxygen atoms in total. The minimum absolute atomic E-state index is 0.125. The molecule has 1 amide bonds. The number of rotatable bonds is 8. The van der Waals surface area contributed by atoms with Gasteiger partial charge in [0.2, 0.25) is 10.0 Å². The lowest BCUT2D eigenvalue weighted by Gasteiger charge is -2.42. The number of piperazine rings is 1. The van der Waals surface area contributed by atoms with Crippen LogP contribution in [0, 0.1) is 0 Å². The molecule has 210 valence electrons. The highest BCUT2D eigenvalue weighted by atomic mass is 32.2. The summed E-state index contributed by atoms with van der Waals surface area (Å²) in [6.45, 7) is 1.58. The van der Waals surface area contributed by atoms with E-state index in [1.54, 1.807) is 17.0 Å². The van der Waals surface area contributed by atoms with Gasteiger partial charge in [-0.25, -0.2) is 8.42 Å². The SMILES string of the molecule is CN(C)c1cccc2c(S(=O)(=O)NC3CN(C(=O)c4cccc5ccccc45)CCN3CC(N)CS)cccc12. The van der Waals surface area contributed by atoms with Crippen molar-refractivity contribution in [2.75, 3.05) is 50.9 Å². The first-order valence-corrected chi connectivity index (χ1v) is 15.4. The summed E-state index contributed by atoms with van der Waals surface area (Å²) < 4.78 is 30.7. The molecule has 10 heteroatoms. The Morgan fingerprint density at radius 3 is 2.42 bits per heavy atom. The minimum atomic E-state index is -3.96. The van der Waals surface area contributed by atoms with Crippen molar-refractivity contribution in [3.63, 3.8) is 0 Å². The molecule has 0 aliphatic carbocycles. The second-order valence-electron chi connectivity index (χ2n) is 10.4. The summed E-state index contributed by atoms with van der Waals surface area (Å²) in [7, 11) is -0.0991. The lowest BCUT2D eigenvalue weighted by atomic mass is 10.0. The maximum Gasteiger partial charge on any atom is 0.254 e. The van der Waals surface area contributed by atoms with E-state index in [-0.39, 0.29) is 23.4 Å². The van der Waals surface area contributed by atoms with Crippen LogP contribution in [0.25, 0.3) is 21.5 Å². The Morgan fingerprint density at radius 2 is 1.65 bits per heavy atom. The number of nitrogens with two attached hydrogens (primary N) is 1. The van der Waals surface area contributed by atoms with Gasteiger partial charge in [0.15, 0.2) is 0 Å². The molecule has 0 bridgehead atoms. The van der Waals surface area contributed by atoms with Gasteiger partial charge in [-0.15, -0.1) is 0 Å². The maximum atomic E-state index is 13.9.